The first-order valence-electron chi connectivity index (χ1n) is 8.50. The average molecular weight is 303 g/mol. The lowest BCUT2D eigenvalue weighted by atomic mass is 10.00. The van der Waals surface area contributed by atoms with E-state index in [-0.39, 0.29) is 5.91 Å². The average Bonchev–Trinajstić information content (AvgIpc) is 2.56. The van der Waals surface area contributed by atoms with Crippen LogP contribution < -0.4 is 5.73 Å². The fourth-order valence-electron chi connectivity index (χ4n) is 3.27. The lowest BCUT2D eigenvalue weighted by Crippen LogP contribution is -2.48. The number of hydrogen-bond donors (Lipinski definition) is 1. The van der Waals surface area contributed by atoms with Gasteiger partial charge < -0.3 is 10.6 Å². The first kappa shape index (κ1) is 17.0. The molecule has 1 aliphatic rings. The Bertz CT molecular complexity index is 449. The molecular weight excluding hydrogens is 274 g/mol. The van der Waals surface area contributed by atoms with Crippen LogP contribution in [-0.4, -0.2) is 47.9 Å². The summed E-state index contributed by atoms with van der Waals surface area (Å²) in [6.45, 7) is 5.69. The van der Waals surface area contributed by atoms with E-state index in [1.54, 1.807) is 0 Å². The van der Waals surface area contributed by atoms with Gasteiger partial charge in [0, 0.05) is 32.2 Å². The largest absolute Gasteiger partial charge is 0.339 e. The van der Waals surface area contributed by atoms with Crippen LogP contribution >= 0.6 is 0 Å². The van der Waals surface area contributed by atoms with Crippen LogP contribution in [0.4, 0.5) is 0 Å². The van der Waals surface area contributed by atoms with E-state index < -0.39 is 0 Å². The zero-order valence-electron chi connectivity index (χ0n) is 13.7. The number of carbonyl (C=O) groups is 1. The third-order valence-electron chi connectivity index (χ3n) is 4.47. The molecule has 1 atom stereocenters. The third-order valence-corrected chi connectivity index (χ3v) is 4.47. The summed E-state index contributed by atoms with van der Waals surface area (Å²) >= 11 is 0. The van der Waals surface area contributed by atoms with Crippen molar-refractivity contribution >= 4 is 5.91 Å². The van der Waals surface area contributed by atoms with Crippen molar-refractivity contribution in [2.45, 2.75) is 45.2 Å². The number of rotatable bonds is 7. The van der Waals surface area contributed by atoms with Crippen LogP contribution in [0.15, 0.2) is 30.3 Å². The third kappa shape index (κ3) is 4.82. The number of hydrogen-bond acceptors (Lipinski definition) is 3. The molecule has 4 nitrogen and oxygen atoms in total. The van der Waals surface area contributed by atoms with E-state index in [1.807, 2.05) is 18.2 Å². The van der Waals surface area contributed by atoms with E-state index in [1.165, 1.54) is 12.0 Å². The highest BCUT2D eigenvalue weighted by Crippen LogP contribution is 2.19. The Labute approximate surface area is 134 Å². The summed E-state index contributed by atoms with van der Waals surface area (Å²) in [6, 6.07) is 10.7. The highest BCUT2D eigenvalue weighted by Gasteiger charge is 2.26. The molecule has 1 aromatic carbocycles. The van der Waals surface area contributed by atoms with Crippen molar-refractivity contribution in [3.05, 3.63) is 35.9 Å². The number of benzene rings is 1. The molecule has 1 aromatic rings. The van der Waals surface area contributed by atoms with Crippen molar-refractivity contribution in [2.24, 2.45) is 5.73 Å². The van der Waals surface area contributed by atoms with Crippen molar-refractivity contribution in [1.29, 1.82) is 0 Å². The number of nitrogens with two attached hydrogens (primary N) is 1. The van der Waals surface area contributed by atoms with Gasteiger partial charge in [0.25, 0.3) is 0 Å². The van der Waals surface area contributed by atoms with Gasteiger partial charge in [0.1, 0.15) is 0 Å². The maximum atomic E-state index is 12.7. The van der Waals surface area contributed by atoms with E-state index in [2.05, 4.69) is 28.9 Å². The van der Waals surface area contributed by atoms with Crippen LogP contribution in [0.1, 0.15) is 38.2 Å². The zero-order valence-corrected chi connectivity index (χ0v) is 13.7. The van der Waals surface area contributed by atoms with Crippen LogP contribution in [0.3, 0.4) is 0 Å². The lowest BCUT2D eigenvalue weighted by Gasteiger charge is -2.36. The Balaban J connectivity index is 1.95. The molecule has 0 bridgehead atoms. The summed E-state index contributed by atoms with van der Waals surface area (Å²) in [5.41, 5.74) is 6.96. The molecule has 1 aliphatic heterocycles. The number of amides is 1. The molecule has 1 amide bonds. The molecular formula is C18H29N3O. The van der Waals surface area contributed by atoms with Crippen LogP contribution in [0, 0.1) is 0 Å². The monoisotopic (exact) mass is 303 g/mol. The number of carbonyl (C=O) groups excluding carboxylic acids is 1. The second-order valence-corrected chi connectivity index (χ2v) is 6.13. The van der Waals surface area contributed by atoms with E-state index in [0.717, 1.165) is 38.9 Å². The maximum Gasteiger partial charge on any atom is 0.237 e. The summed E-state index contributed by atoms with van der Waals surface area (Å²) in [5.74, 6) is 0.260. The quantitative estimate of drug-likeness (QED) is 0.840. The lowest BCUT2D eigenvalue weighted by molar-refractivity contribution is -0.136. The fourth-order valence-corrected chi connectivity index (χ4v) is 3.27. The van der Waals surface area contributed by atoms with Gasteiger partial charge in [0.05, 0.1) is 6.54 Å². The van der Waals surface area contributed by atoms with Crippen LogP contribution in [0.2, 0.25) is 0 Å². The number of nitrogens with zero attached hydrogens (tertiary/aromatic N) is 2. The summed E-state index contributed by atoms with van der Waals surface area (Å²) in [4.78, 5) is 16.9. The van der Waals surface area contributed by atoms with Crippen molar-refractivity contribution in [3.8, 4) is 0 Å². The van der Waals surface area contributed by atoms with Gasteiger partial charge in [0.15, 0.2) is 0 Å². The van der Waals surface area contributed by atoms with Gasteiger partial charge in [-0.3, -0.25) is 9.69 Å². The van der Waals surface area contributed by atoms with Crippen LogP contribution in [0.25, 0.3) is 0 Å². The Kier molecular flexibility index (Phi) is 6.87. The van der Waals surface area contributed by atoms with Gasteiger partial charge in [-0.05, 0) is 31.2 Å². The van der Waals surface area contributed by atoms with Crippen molar-refractivity contribution < 1.29 is 4.79 Å². The van der Waals surface area contributed by atoms with Gasteiger partial charge in [-0.2, -0.15) is 0 Å². The summed E-state index contributed by atoms with van der Waals surface area (Å²) in [6.07, 6.45) is 4.59. The molecule has 1 unspecified atom stereocenters. The molecule has 0 aromatic heterocycles. The molecule has 0 saturated carbocycles. The molecule has 1 heterocycles. The molecule has 0 aliphatic carbocycles. The molecule has 2 rings (SSSR count). The Morgan fingerprint density at radius 2 is 2.09 bits per heavy atom. The topological polar surface area (TPSA) is 49.6 Å². The second kappa shape index (κ2) is 8.91. The molecule has 1 fully saturated rings. The van der Waals surface area contributed by atoms with E-state index in [9.17, 15) is 4.79 Å². The number of likely N-dealkylation sites (tertiary alicyclic amines) is 1. The second-order valence-electron chi connectivity index (χ2n) is 6.13. The SMILES string of the molecule is CCC1CCCCN1C(=O)CN(CCN)Cc1ccccc1. The number of piperidine rings is 1. The summed E-state index contributed by atoms with van der Waals surface area (Å²) in [5, 5.41) is 0. The highest BCUT2D eigenvalue weighted by molar-refractivity contribution is 5.78. The smallest absolute Gasteiger partial charge is 0.237 e. The molecule has 2 N–H and O–H groups in total. The van der Waals surface area contributed by atoms with Crippen molar-refractivity contribution in [1.82, 2.24) is 9.80 Å². The van der Waals surface area contributed by atoms with Gasteiger partial charge in [-0.1, -0.05) is 37.3 Å². The minimum Gasteiger partial charge on any atom is -0.339 e. The minimum atomic E-state index is 0.260. The Morgan fingerprint density at radius 1 is 1.32 bits per heavy atom. The zero-order chi connectivity index (χ0) is 15.8. The van der Waals surface area contributed by atoms with Crippen molar-refractivity contribution in [3.63, 3.8) is 0 Å². The Hall–Kier alpha value is -1.39. The first-order chi connectivity index (χ1) is 10.7. The van der Waals surface area contributed by atoms with Crippen molar-refractivity contribution in [2.75, 3.05) is 26.2 Å². The standard InChI is InChI=1S/C18H29N3O/c1-2-17-10-6-7-12-21(17)18(22)15-20(13-11-19)14-16-8-4-3-5-9-16/h3-5,8-9,17H,2,6-7,10-15,19H2,1H3. The molecule has 22 heavy (non-hydrogen) atoms. The van der Waals surface area contributed by atoms with Crippen LogP contribution in [-0.2, 0) is 11.3 Å². The predicted octanol–water partition coefficient (Wildman–Crippen LogP) is 2.24. The van der Waals surface area contributed by atoms with E-state index >= 15 is 0 Å². The van der Waals surface area contributed by atoms with Gasteiger partial charge >= 0.3 is 0 Å². The maximum absolute atomic E-state index is 12.7. The van der Waals surface area contributed by atoms with E-state index in [4.69, 9.17) is 5.73 Å². The van der Waals surface area contributed by atoms with Gasteiger partial charge in [-0.15, -0.1) is 0 Å². The van der Waals surface area contributed by atoms with Gasteiger partial charge in [0.2, 0.25) is 5.91 Å². The molecule has 1 saturated heterocycles. The predicted molar refractivity (Wildman–Crippen MR) is 90.4 cm³/mol. The molecule has 4 heteroatoms. The van der Waals surface area contributed by atoms with Crippen LogP contribution in [0.5, 0.6) is 0 Å². The molecule has 0 radical (unpaired) electrons. The summed E-state index contributed by atoms with van der Waals surface area (Å²) < 4.78 is 0. The normalized spacial score (nSPS) is 18.7. The van der Waals surface area contributed by atoms with Gasteiger partial charge in [-0.25, -0.2) is 0 Å². The highest BCUT2D eigenvalue weighted by atomic mass is 16.2. The minimum absolute atomic E-state index is 0.260. The van der Waals surface area contributed by atoms with E-state index in [0.29, 0.717) is 19.1 Å². The first-order valence-corrected chi connectivity index (χ1v) is 8.50. The molecule has 0 spiro atoms. The molecule has 122 valence electrons. The fraction of sp³-hybridized carbons (Fsp3) is 0.611. The summed E-state index contributed by atoms with van der Waals surface area (Å²) in [7, 11) is 0. The Morgan fingerprint density at radius 3 is 2.77 bits per heavy atom.